The molecule has 1 aromatic rings. The van der Waals surface area contributed by atoms with Gasteiger partial charge in [0.15, 0.2) is 0 Å². The second-order valence-electron chi connectivity index (χ2n) is 5.12. The Morgan fingerprint density at radius 3 is 3.05 bits per heavy atom. The number of rotatable bonds is 4. The summed E-state index contributed by atoms with van der Waals surface area (Å²) in [5.41, 5.74) is 1.29. The van der Waals surface area contributed by atoms with Crippen LogP contribution in [0.3, 0.4) is 0 Å². The first kappa shape index (κ1) is 15.1. The summed E-state index contributed by atoms with van der Waals surface area (Å²) in [7, 11) is 0. The number of halogens is 1. The molecule has 1 aliphatic heterocycles. The molecular weight excluding hydrogens is 322 g/mol. The van der Waals surface area contributed by atoms with Crippen molar-refractivity contribution in [2.45, 2.75) is 32.9 Å². The van der Waals surface area contributed by atoms with Crippen molar-refractivity contribution >= 4 is 33.5 Å². The molecule has 0 amide bonds. The third kappa shape index (κ3) is 4.65. The Morgan fingerprint density at radius 1 is 1.42 bits per heavy atom. The van der Waals surface area contributed by atoms with E-state index >= 15 is 0 Å². The molecular formula is C14H22BrN3S. The van der Waals surface area contributed by atoms with Crippen molar-refractivity contribution in [1.82, 2.24) is 10.3 Å². The average Bonchev–Trinajstić information content (AvgIpc) is 2.65. The minimum Gasteiger partial charge on any atom is -0.355 e. The Morgan fingerprint density at radius 2 is 2.26 bits per heavy atom. The molecule has 1 fully saturated rings. The van der Waals surface area contributed by atoms with Crippen LogP contribution in [0.2, 0.25) is 0 Å². The molecule has 0 aliphatic carbocycles. The largest absolute Gasteiger partial charge is 0.355 e. The first-order valence-corrected chi connectivity index (χ1v) is 8.82. The number of thioether (sulfide) groups is 1. The highest BCUT2D eigenvalue weighted by atomic mass is 79.9. The van der Waals surface area contributed by atoms with Crippen molar-refractivity contribution < 1.29 is 0 Å². The van der Waals surface area contributed by atoms with Crippen LogP contribution in [0, 0.1) is 0 Å². The van der Waals surface area contributed by atoms with E-state index in [0.29, 0.717) is 6.04 Å². The van der Waals surface area contributed by atoms with Gasteiger partial charge in [-0.1, -0.05) is 13.8 Å². The lowest BCUT2D eigenvalue weighted by atomic mass is 10.2. The third-order valence-corrected chi connectivity index (χ3v) is 4.61. The summed E-state index contributed by atoms with van der Waals surface area (Å²) in [6.45, 7) is 7.45. The minimum absolute atomic E-state index is 0.492. The summed E-state index contributed by atoms with van der Waals surface area (Å²) < 4.78 is 1.06. The topological polar surface area (TPSA) is 28.2 Å². The lowest BCUT2D eigenvalue weighted by Gasteiger charge is -2.24. The lowest BCUT2D eigenvalue weighted by Crippen LogP contribution is -2.29. The van der Waals surface area contributed by atoms with E-state index in [1.807, 2.05) is 18.0 Å². The summed E-state index contributed by atoms with van der Waals surface area (Å²) >= 11 is 5.58. The van der Waals surface area contributed by atoms with Gasteiger partial charge in [-0.05, 0) is 34.2 Å². The van der Waals surface area contributed by atoms with Gasteiger partial charge in [0.1, 0.15) is 5.82 Å². The van der Waals surface area contributed by atoms with Gasteiger partial charge in [0, 0.05) is 47.7 Å². The van der Waals surface area contributed by atoms with E-state index in [-0.39, 0.29) is 0 Å². The summed E-state index contributed by atoms with van der Waals surface area (Å²) in [5, 5.41) is 3.49. The maximum Gasteiger partial charge on any atom is 0.133 e. The summed E-state index contributed by atoms with van der Waals surface area (Å²) in [6, 6.07) is 2.68. The monoisotopic (exact) mass is 343 g/mol. The van der Waals surface area contributed by atoms with Crippen LogP contribution in [0.5, 0.6) is 0 Å². The molecule has 2 heterocycles. The fourth-order valence-electron chi connectivity index (χ4n) is 2.16. The molecule has 106 valence electrons. The van der Waals surface area contributed by atoms with E-state index in [9.17, 15) is 0 Å². The maximum atomic E-state index is 4.65. The third-order valence-electron chi connectivity index (χ3n) is 3.13. The number of aromatic nitrogens is 1. The van der Waals surface area contributed by atoms with Crippen LogP contribution in [-0.2, 0) is 6.54 Å². The first-order chi connectivity index (χ1) is 9.16. The van der Waals surface area contributed by atoms with Crippen LogP contribution >= 0.6 is 27.7 Å². The molecule has 1 saturated heterocycles. The Bertz CT molecular complexity index is 404. The number of anilines is 1. The molecule has 2 rings (SSSR count). The molecule has 19 heavy (non-hydrogen) atoms. The van der Waals surface area contributed by atoms with Gasteiger partial charge >= 0.3 is 0 Å². The highest BCUT2D eigenvalue weighted by Gasteiger charge is 2.15. The molecule has 0 bridgehead atoms. The molecule has 0 spiro atoms. The van der Waals surface area contributed by atoms with Crippen LogP contribution in [0.4, 0.5) is 5.82 Å². The van der Waals surface area contributed by atoms with E-state index in [1.165, 1.54) is 23.5 Å². The molecule has 0 radical (unpaired) electrons. The summed E-state index contributed by atoms with van der Waals surface area (Å²) in [6.07, 6.45) is 3.16. The molecule has 0 unspecified atom stereocenters. The zero-order valence-corrected chi connectivity index (χ0v) is 14.1. The van der Waals surface area contributed by atoms with E-state index < -0.39 is 0 Å². The molecule has 1 aromatic heterocycles. The standard InChI is InChI=1S/C14H22BrN3S/c1-11(2)16-9-12-8-13(15)10-17-14(12)18-4-3-6-19-7-5-18/h8,10-11,16H,3-7,9H2,1-2H3. The minimum atomic E-state index is 0.492. The number of pyridine rings is 1. The van der Waals surface area contributed by atoms with E-state index in [4.69, 9.17) is 0 Å². The smallest absolute Gasteiger partial charge is 0.133 e. The van der Waals surface area contributed by atoms with Gasteiger partial charge in [-0.2, -0.15) is 11.8 Å². The van der Waals surface area contributed by atoms with Gasteiger partial charge in [0.05, 0.1) is 0 Å². The Kier molecular flexibility index (Phi) is 5.98. The Hall–Kier alpha value is -0.260. The van der Waals surface area contributed by atoms with Crippen LogP contribution < -0.4 is 10.2 Å². The van der Waals surface area contributed by atoms with Gasteiger partial charge in [-0.15, -0.1) is 0 Å². The SMILES string of the molecule is CC(C)NCc1cc(Br)cnc1N1CCCSCC1. The zero-order valence-electron chi connectivity index (χ0n) is 11.7. The van der Waals surface area contributed by atoms with Gasteiger partial charge in [0.25, 0.3) is 0 Å². The second-order valence-corrected chi connectivity index (χ2v) is 7.27. The molecule has 0 aromatic carbocycles. The zero-order chi connectivity index (χ0) is 13.7. The first-order valence-electron chi connectivity index (χ1n) is 6.87. The van der Waals surface area contributed by atoms with E-state index in [1.54, 1.807) is 0 Å². The van der Waals surface area contributed by atoms with Crippen LogP contribution in [0.1, 0.15) is 25.8 Å². The fourth-order valence-corrected chi connectivity index (χ4v) is 3.43. The van der Waals surface area contributed by atoms with Crippen LogP contribution in [0.15, 0.2) is 16.7 Å². The molecule has 1 N–H and O–H groups in total. The summed E-state index contributed by atoms with van der Waals surface area (Å²) in [5.74, 6) is 3.63. The molecule has 0 atom stereocenters. The van der Waals surface area contributed by atoms with Crippen molar-refractivity contribution in [3.8, 4) is 0 Å². The number of nitrogens with zero attached hydrogens (tertiary/aromatic N) is 2. The van der Waals surface area contributed by atoms with Gasteiger partial charge in [-0.3, -0.25) is 0 Å². The highest BCUT2D eigenvalue weighted by molar-refractivity contribution is 9.10. The number of hydrogen-bond donors (Lipinski definition) is 1. The quantitative estimate of drug-likeness (QED) is 0.907. The predicted octanol–water partition coefficient (Wildman–Crippen LogP) is 3.29. The average molecular weight is 344 g/mol. The van der Waals surface area contributed by atoms with Crippen molar-refractivity contribution in [1.29, 1.82) is 0 Å². The maximum absolute atomic E-state index is 4.65. The Labute approximate surface area is 128 Å². The molecule has 0 saturated carbocycles. The second kappa shape index (κ2) is 7.50. The number of nitrogens with one attached hydrogen (secondary N) is 1. The fraction of sp³-hybridized carbons (Fsp3) is 0.643. The molecule has 5 heteroatoms. The van der Waals surface area contributed by atoms with Crippen molar-refractivity contribution in [2.24, 2.45) is 0 Å². The molecule has 3 nitrogen and oxygen atoms in total. The highest BCUT2D eigenvalue weighted by Crippen LogP contribution is 2.24. The van der Waals surface area contributed by atoms with Crippen molar-refractivity contribution in [2.75, 3.05) is 29.5 Å². The van der Waals surface area contributed by atoms with E-state index in [2.05, 4.69) is 51.0 Å². The van der Waals surface area contributed by atoms with Gasteiger partial charge in [0.2, 0.25) is 0 Å². The summed E-state index contributed by atoms with van der Waals surface area (Å²) in [4.78, 5) is 7.09. The Balaban J connectivity index is 2.17. The van der Waals surface area contributed by atoms with Gasteiger partial charge < -0.3 is 10.2 Å². The van der Waals surface area contributed by atoms with Gasteiger partial charge in [-0.25, -0.2) is 4.98 Å². The van der Waals surface area contributed by atoms with Crippen molar-refractivity contribution in [3.05, 3.63) is 22.3 Å². The normalized spacial score (nSPS) is 16.7. The van der Waals surface area contributed by atoms with Crippen LogP contribution in [-0.4, -0.2) is 35.6 Å². The van der Waals surface area contributed by atoms with Crippen molar-refractivity contribution in [3.63, 3.8) is 0 Å². The lowest BCUT2D eigenvalue weighted by molar-refractivity contribution is 0.586. The number of hydrogen-bond acceptors (Lipinski definition) is 4. The molecule has 1 aliphatic rings. The van der Waals surface area contributed by atoms with Crippen LogP contribution in [0.25, 0.3) is 0 Å². The van der Waals surface area contributed by atoms with E-state index in [0.717, 1.165) is 29.9 Å². The predicted molar refractivity (Wildman–Crippen MR) is 88.1 cm³/mol.